The van der Waals surface area contributed by atoms with Crippen molar-refractivity contribution in [3.63, 3.8) is 0 Å². The Morgan fingerprint density at radius 1 is 1.20 bits per heavy atom. The van der Waals surface area contributed by atoms with E-state index in [1.165, 1.54) is 6.07 Å². The SMILES string of the molecule is COc1ccc(OC)c([C@H](C)NC(=O)Cc2ccccc2[N+](=O)[O-])c1. The minimum atomic E-state index is -0.489. The van der Waals surface area contributed by atoms with Crippen LogP contribution in [0.3, 0.4) is 0 Å². The second-order valence-corrected chi connectivity index (χ2v) is 5.46. The Labute approximate surface area is 145 Å². The van der Waals surface area contributed by atoms with E-state index in [0.29, 0.717) is 17.1 Å². The fourth-order valence-electron chi connectivity index (χ4n) is 2.56. The molecule has 0 aliphatic rings. The number of nitrogens with zero attached hydrogens (tertiary/aromatic N) is 1. The molecule has 0 saturated heterocycles. The first kappa shape index (κ1) is 18.3. The van der Waals surface area contributed by atoms with E-state index < -0.39 is 4.92 Å². The van der Waals surface area contributed by atoms with Crippen LogP contribution in [0.2, 0.25) is 0 Å². The fourth-order valence-corrected chi connectivity index (χ4v) is 2.56. The highest BCUT2D eigenvalue weighted by Crippen LogP contribution is 2.29. The molecule has 1 atom stereocenters. The first-order valence-corrected chi connectivity index (χ1v) is 7.69. The van der Waals surface area contributed by atoms with E-state index in [1.807, 2.05) is 6.92 Å². The minimum Gasteiger partial charge on any atom is -0.497 e. The van der Waals surface area contributed by atoms with Crippen LogP contribution in [-0.2, 0) is 11.2 Å². The van der Waals surface area contributed by atoms with Gasteiger partial charge in [-0.1, -0.05) is 18.2 Å². The maximum absolute atomic E-state index is 12.3. The van der Waals surface area contributed by atoms with Gasteiger partial charge in [-0.05, 0) is 25.1 Å². The number of ether oxygens (including phenoxy) is 2. The zero-order valence-corrected chi connectivity index (χ0v) is 14.3. The van der Waals surface area contributed by atoms with Gasteiger partial charge in [-0.25, -0.2) is 0 Å². The molecule has 7 nitrogen and oxygen atoms in total. The molecule has 0 fully saturated rings. The number of nitro groups is 1. The quantitative estimate of drug-likeness (QED) is 0.616. The molecule has 0 heterocycles. The van der Waals surface area contributed by atoms with E-state index in [1.54, 1.807) is 50.6 Å². The van der Waals surface area contributed by atoms with Crippen LogP contribution >= 0.6 is 0 Å². The van der Waals surface area contributed by atoms with E-state index in [9.17, 15) is 14.9 Å². The summed E-state index contributed by atoms with van der Waals surface area (Å²) in [6, 6.07) is 11.2. The predicted molar refractivity (Wildman–Crippen MR) is 92.9 cm³/mol. The molecule has 0 aliphatic heterocycles. The molecule has 132 valence electrons. The zero-order valence-electron chi connectivity index (χ0n) is 14.3. The Hall–Kier alpha value is -3.09. The first-order valence-electron chi connectivity index (χ1n) is 7.69. The number of hydrogen-bond acceptors (Lipinski definition) is 5. The number of rotatable bonds is 7. The van der Waals surface area contributed by atoms with Crippen LogP contribution in [0.15, 0.2) is 42.5 Å². The average molecular weight is 344 g/mol. The van der Waals surface area contributed by atoms with E-state index in [4.69, 9.17) is 9.47 Å². The Morgan fingerprint density at radius 3 is 2.56 bits per heavy atom. The number of benzene rings is 2. The van der Waals surface area contributed by atoms with Crippen molar-refractivity contribution in [2.24, 2.45) is 0 Å². The molecule has 0 unspecified atom stereocenters. The van der Waals surface area contributed by atoms with Crippen LogP contribution in [0, 0.1) is 10.1 Å². The van der Waals surface area contributed by atoms with Crippen LogP contribution in [0.25, 0.3) is 0 Å². The summed E-state index contributed by atoms with van der Waals surface area (Å²) in [5.41, 5.74) is 1.07. The van der Waals surface area contributed by atoms with Gasteiger partial charge in [0.15, 0.2) is 0 Å². The highest BCUT2D eigenvalue weighted by atomic mass is 16.6. The second-order valence-electron chi connectivity index (χ2n) is 5.46. The smallest absolute Gasteiger partial charge is 0.273 e. The fraction of sp³-hybridized carbons (Fsp3) is 0.278. The Kier molecular flexibility index (Phi) is 5.94. The number of carbonyl (C=O) groups excluding carboxylic acids is 1. The van der Waals surface area contributed by atoms with Crippen molar-refractivity contribution in [3.05, 3.63) is 63.7 Å². The molecular weight excluding hydrogens is 324 g/mol. The van der Waals surface area contributed by atoms with Gasteiger partial charge in [0, 0.05) is 17.2 Å². The van der Waals surface area contributed by atoms with Crippen LogP contribution in [0.1, 0.15) is 24.1 Å². The molecule has 1 N–H and O–H groups in total. The number of hydrogen-bond donors (Lipinski definition) is 1. The van der Waals surface area contributed by atoms with Crippen molar-refractivity contribution < 1.29 is 19.2 Å². The number of nitrogens with one attached hydrogen (secondary N) is 1. The number of methoxy groups -OCH3 is 2. The van der Waals surface area contributed by atoms with Crippen LogP contribution in [-0.4, -0.2) is 25.1 Å². The van der Waals surface area contributed by atoms with Crippen molar-refractivity contribution in [1.29, 1.82) is 0 Å². The maximum Gasteiger partial charge on any atom is 0.273 e. The monoisotopic (exact) mass is 344 g/mol. The van der Waals surface area contributed by atoms with Crippen molar-refractivity contribution in [2.75, 3.05) is 14.2 Å². The molecule has 2 aromatic rings. The summed E-state index contributed by atoms with van der Waals surface area (Å²) in [5, 5.41) is 13.9. The summed E-state index contributed by atoms with van der Waals surface area (Å²) in [6.07, 6.45) is -0.0756. The van der Waals surface area contributed by atoms with E-state index in [-0.39, 0.29) is 24.1 Å². The summed E-state index contributed by atoms with van der Waals surface area (Å²) in [7, 11) is 3.11. The Morgan fingerprint density at radius 2 is 1.92 bits per heavy atom. The molecule has 2 rings (SSSR count). The molecule has 7 heteroatoms. The molecular formula is C18H20N2O5. The third-order valence-corrected chi connectivity index (χ3v) is 3.82. The van der Waals surface area contributed by atoms with E-state index in [2.05, 4.69) is 5.32 Å². The van der Waals surface area contributed by atoms with Gasteiger partial charge in [-0.3, -0.25) is 14.9 Å². The highest BCUT2D eigenvalue weighted by molar-refractivity contribution is 5.80. The lowest BCUT2D eigenvalue weighted by Gasteiger charge is -2.18. The van der Waals surface area contributed by atoms with Gasteiger partial charge in [0.25, 0.3) is 5.69 Å². The lowest BCUT2D eigenvalue weighted by Crippen LogP contribution is -2.28. The third-order valence-electron chi connectivity index (χ3n) is 3.82. The topological polar surface area (TPSA) is 90.7 Å². The number of para-hydroxylation sites is 1. The van der Waals surface area contributed by atoms with E-state index >= 15 is 0 Å². The highest BCUT2D eigenvalue weighted by Gasteiger charge is 2.19. The standard InChI is InChI=1S/C18H20N2O5/c1-12(15-11-14(24-2)8-9-17(15)25-3)19-18(21)10-13-6-4-5-7-16(13)20(22)23/h4-9,11-12H,10H2,1-3H3,(H,19,21)/t12-/m0/s1. The normalized spacial score (nSPS) is 11.5. The van der Waals surface area contributed by atoms with Crippen molar-refractivity contribution >= 4 is 11.6 Å². The summed E-state index contributed by atoms with van der Waals surface area (Å²) in [4.78, 5) is 22.9. The van der Waals surface area contributed by atoms with Gasteiger partial charge in [-0.15, -0.1) is 0 Å². The van der Waals surface area contributed by atoms with Crippen LogP contribution in [0.5, 0.6) is 11.5 Å². The van der Waals surface area contributed by atoms with Gasteiger partial charge in [0.1, 0.15) is 11.5 Å². The van der Waals surface area contributed by atoms with Gasteiger partial charge in [-0.2, -0.15) is 0 Å². The van der Waals surface area contributed by atoms with Gasteiger partial charge >= 0.3 is 0 Å². The maximum atomic E-state index is 12.3. The molecule has 0 radical (unpaired) electrons. The molecule has 2 aromatic carbocycles. The predicted octanol–water partition coefficient (Wildman–Crippen LogP) is 3.03. The molecule has 1 amide bonds. The Bertz CT molecular complexity index is 776. The first-order chi connectivity index (χ1) is 12.0. The summed E-state index contributed by atoms with van der Waals surface area (Å²) in [6.45, 7) is 1.81. The molecule has 25 heavy (non-hydrogen) atoms. The summed E-state index contributed by atoms with van der Waals surface area (Å²) >= 11 is 0. The second kappa shape index (κ2) is 8.14. The van der Waals surface area contributed by atoms with E-state index in [0.717, 1.165) is 5.56 Å². The molecule has 0 saturated carbocycles. The molecule has 0 bridgehead atoms. The number of nitro benzene ring substituents is 1. The van der Waals surface area contributed by atoms with Crippen molar-refractivity contribution in [3.8, 4) is 11.5 Å². The van der Waals surface area contributed by atoms with Gasteiger partial charge < -0.3 is 14.8 Å². The Balaban J connectivity index is 2.15. The van der Waals surface area contributed by atoms with Crippen molar-refractivity contribution in [1.82, 2.24) is 5.32 Å². The lowest BCUT2D eigenvalue weighted by molar-refractivity contribution is -0.385. The van der Waals surface area contributed by atoms with Crippen LogP contribution in [0.4, 0.5) is 5.69 Å². The minimum absolute atomic E-state index is 0.0655. The third kappa shape index (κ3) is 4.47. The lowest BCUT2D eigenvalue weighted by atomic mass is 10.1. The molecule has 0 aliphatic carbocycles. The van der Waals surface area contributed by atoms with Crippen molar-refractivity contribution in [2.45, 2.75) is 19.4 Å². The van der Waals surface area contributed by atoms with Crippen LogP contribution < -0.4 is 14.8 Å². The van der Waals surface area contributed by atoms with Gasteiger partial charge in [0.05, 0.1) is 31.6 Å². The molecule has 0 spiro atoms. The summed E-state index contributed by atoms with van der Waals surface area (Å²) < 4.78 is 10.5. The molecule has 0 aromatic heterocycles. The number of amides is 1. The zero-order chi connectivity index (χ0) is 18.4. The number of carbonyl (C=O) groups is 1. The average Bonchev–Trinajstić information content (AvgIpc) is 2.61. The van der Waals surface area contributed by atoms with Gasteiger partial charge in [0.2, 0.25) is 5.91 Å². The summed E-state index contributed by atoms with van der Waals surface area (Å²) in [5.74, 6) is 0.960. The largest absolute Gasteiger partial charge is 0.497 e.